The number of hydrogen-bond acceptors (Lipinski definition) is 5. The van der Waals surface area contributed by atoms with Gasteiger partial charge in [0.2, 0.25) is 11.8 Å². The van der Waals surface area contributed by atoms with Crippen LogP contribution in [0.5, 0.6) is 0 Å². The number of nitrogens with one attached hydrogen (secondary N) is 2. The summed E-state index contributed by atoms with van der Waals surface area (Å²) in [6.45, 7) is 1.47. The number of para-hydroxylation sites is 1. The first-order valence-corrected chi connectivity index (χ1v) is 8.91. The third-order valence-corrected chi connectivity index (χ3v) is 4.77. The lowest BCUT2D eigenvalue weighted by Crippen LogP contribution is -2.28. The summed E-state index contributed by atoms with van der Waals surface area (Å²) in [6.07, 6.45) is 0.0224. The van der Waals surface area contributed by atoms with Crippen molar-refractivity contribution in [2.75, 3.05) is 5.32 Å². The van der Waals surface area contributed by atoms with Crippen LogP contribution in [0.2, 0.25) is 0 Å². The molecule has 2 aromatic rings. The average molecular weight is 367 g/mol. The Bertz CT molecular complexity index is 881. The monoisotopic (exact) mass is 367 g/mol. The lowest BCUT2D eigenvalue weighted by Gasteiger charge is -2.08. The summed E-state index contributed by atoms with van der Waals surface area (Å²) >= 11 is 1.23. The number of nitrogens with zero attached hydrogens (tertiary/aromatic N) is 1. The number of anilines is 1. The van der Waals surface area contributed by atoms with Gasteiger partial charge in [-0.15, -0.1) is 0 Å². The molecule has 3 rings (SSSR count). The smallest absolute Gasteiger partial charge is 0.240 e. The highest BCUT2D eigenvalue weighted by molar-refractivity contribution is 8.15. The highest BCUT2D eigenvalue weighted by Gasteiger charge is 2.32. The average Bonchev–Trinajstić information content (AvgIpc) is 2.95. The Kier molecular flexibility index (Phi) is 5.48. The second-order valence-corrected chi connectivity index (χ2v) is 6.93. The van der Waals surface area contributed by atoms with Gasteiger partial charge in [-0.25, -0.2) is 4.99 Å². The normalized spacial score (nSPS) is 17.8. The van der Waals surface area contributed by atoms with Gasteiger partial charge in [0.1, 0.15) is 5.25 Å². The number of carbonyl (C=O) groups excluding carboxylic acids is 3. The third kappa shape index (κ3) is 4.58. The molecule has 0 radical (unpaired) electrons. The molecule has 1 aliphatic heterocycles. The van der Waals surface area contributed by atoms with Crippen LogP contribution in [-0.2, 0) is 9.59 Å². The number of ketones is 1. The van der Waals surface area contributed by atoms with E-state index in [4.69, 9.17) is 0 Å². The van der Waals surface area contributed by atoms with Gasteiger partial charge in [-0.05, 0) is 31.2 Å². The van der Waals surface area contributed by atoms with Gasteiger partial charge < -0.3 is 10.6 Å². The zero-order chi connectivity index (χ0) is 18.5. The Labute approximate surface area is 155 Å². The summed E-state index contributed by atoms with van der Waals surface area (Å²) in [5, 5.41) is 5.37. The number of benzene rings is 2. The molecule has 132 valence electrons. The fourth-order valence-electron chi connectivity index (χ4n) is 2.41. The molecule has 1 saturated heterocycles. The van der Waals surface area contributed by atoms with Gasteiger partial charge in [0.25, 0.3) is 0 Å². The minimum atomic E-state index is -0.534. The maximum atomic E-state index is 12.2. The second-order valence-electron chi connectivity index (χ2n) is 5.74. The topological polar surface area (TPSA) is 87.6 Å². The maximum Gasteiger partial charge on any atom is 0.240 e. The molecule has 2 amide bonds. The van der Waals surface area contributed by atoms with Crippen molar-refractivity contribution in [3.05, 3.63) is 60.2 Å². The molecular weight excluding hydrogens is 350 g/mol. The number of hydrogen-bond donors (Lipinski definition) is 2. The van der Waals surface area contributed by atoms with E-state index in [2.05, 4.69) is 15.6 Å². The molecule has 0 saturated carbocycles. The van der Waals surface area contributed by atoms with E-state index in [-0.39, 0.29) is 24.0 Å². The first-order valence-electron chi connectivity index (χ1n) is 8.03. The van der Waals surface area contributed by atoms with Crippen molar-refractivity contribution >= 4 is 45.9 Å². The van der Waals surface area contributed by atoms with Gasteiger partial charge >= 0.3 is 0 Å². The van der Waals surface area contributed by atoms with Crippen molar-refractivity contribution in [2.24, 2.45) is 4.99 Å². The largest absolute Gasteiger partial charge is 0.326 e. The molecule has 2 aromatic carbocycles. The van der Waals surface area contributed by atoms with E-state index in [1.54, 1.807) is 24.3 Å². The van der Waals surface area contributed by atoms with Gasteiger partial charge in [0, 0.05) is 17.7 Å². The molecule has 1 heterocycles. The fraction of sp³-hybridized carbons (Fsp3) is 0.158. The van der Waals surface area contributed by atoms with Crippen LogP contribution in [0.3, 0.4) is 0 Å². The SMILES string of the molecule is CC(=O)c1cccc(NC(=O)CC2SC(=Nc3ccccc3)NC2=O)c1. The van der Waals surface area contributed by atoms with Crippen LogP contribution < -0.4 is 10.6 Å². The van der Waals surface area contributed by atoms with E-state index in [9.17, 15) is 14.4 Å². The molecule has 6 nitrogen and oxygen atoms in total. The molecule has 0 aliphatic carbocycles. The predicted octanol–water partition coefficient (Wildman–Crippen LogP) is 3.14. The van der Waals surface area contributed by atoms with Crippen LogP contribution in [0, 0.1) is 0 Å². The standard InChI is InChI=1S/C19H17N3O3S/c1-12(23)13-6-5-9-15(10-13)20-17(24)11-16-18(25)22-19(26-16)21-14-7-3-2-4-8-14/h2-10,16H,11H2,1H3,(H,20,24)(H,21,22,25). The van der Waals surface area contributed by atoms with Gasteiger partial charge in [0.05, 0.1) is 5.69 Å². The molecule has 1 fully saturated rings. The Morgan fingerprint density at radius 1 is 1.15 bits per heavy atom. The lowest BCUT2D eigenvalue weighted by molar-refractivity contribution is -0.122. The number of amides is 2. The van der Waals surface area contributed by atoms with Crippen LogP contribution in [0.25, 0.3) is 0 Å². The second kappa shape index (κ2) is 7.97. The summed E-state index contributed by atoms with van der Waals surface area (Å²) in [5.41, 5.74) is 1.79. The first kappa shape index (κ1) is 17.9. The third-order valence-electron chi connectivity index (χ3n) is 3.69. The number of amidine groups is 1. The fourth-order valence-corrected chi connectivity index (χ4v) is 3.40. The minimum absolute atomic E-state index is 0.0224. The van der Waals surface area contributed by atoms with Gasteiger partial charge in [0.15, 0.2) is 11.0 Å². The van der Waals surface area contributed by atoms with Crippen LogP contribution >= 0.6 is 11.8 Å². The minimum Gasteiger partial charge on any atom is -0.326 e. The Balaban J connectivity index is 1.61. The summed E-state index contributed by atoms with van der Waals surface area (Å²) in [4.78, 5) is 40.1. The van der Waals surface area contributed by atoms with Crippen LogP contribution in [0.15, 0.2) is 59.6 Å². The van der Waals surface area contributed by atoms with E-state index >= 15 is 0 Å². The molecule has 2 N–H and O–H groups in total. The van der Waals surface area contributed by atoms with E-state index in [1.165, 1.54) is 18.7 Å². The van der Waals surface area contributed by atoms with Crippen molar-refractivity contribution in [3.63, 3.8) is 0 Å². The summed E-state index contributed by atoms with van der Waals surface area (Å²) in [6, 6.07) is 16.0. The number of rotatable bonds is 5. The van der Waals surface area contributed by atoms with Crippen molar-refractivity contribution in [2.45, 2.75) is 18.6 Å². The van der Waals surface area contributed by atoms with E-state index < -0.39 is 5.25 Å². The van der Waals surface area contributed by atoms with Crippen molar-refractivity contribution in [3.8, 4) is 0 Å². The summed E-state index contributed by atoms with van der Waals surface area (Å²) in [5.74, 6) is -0.606. The van der Waals surface area contributed by atoms with Gasteiger partial charge in [-0.3, -0.25) is 14.4 Å². The molecule has 0 spiro atoms. The Hall–Kier alpha value is -2.93. The first-order chi connectivity index (χ1) is 12.5. The van der Waals surface area contributed by atoms with Crippen LogP contribution in [0.4, 0.5) is 11.4 Å². The Morgan fingerprint density at radius 2 is 1.92 bits per heavy atom. The predicted molar refractivity (Wildman–Crippen MR) is 103 cm³/mol. The molecule has 1 aliphatic rings. The van der Waals surface area contributed by atoms with Gasteiger partial charge in [-0.2, -0.15) is 0 Å². The van der Waals surface area contributed by atoms with Crippen molar-refractivity contribution in [1.29, 1.82) is 0 Å². The number of carbonyl (C=O) groups is 3. The molecule has 1 atom stereocenters. The molecule has 1 unspecified atom stereocenters. The van der Waals surface area contributed by atoms with E-state index in [0.717, 1.165) is 5.69 Å². The zero-order valence-corrected chi connectivity index (χ0v) is 14.9. The number of Topliss-reactive ketones (excluding diaryl/α,β-unsaturated/α-hetero) is 1. The Morgan fingerprint density at radius 3 is 2.65 bits per heavy atom. The summed E-state index contributed by atoms with van der Waals surface area (Å²) < 4.78 is 0. The zero-order valence-electron chi connectivity index (χ0n) is 14.1. The quantitative estimate of drug-likeness (QED) is 0.795. The molecular formula is C19H17N3O3S. The molecule has 26 heavy (non-hydrogen) atoms. The lowest BCUT2D eigenvalue weighted by atomic mass is 10.1. The summed E-state index contributed by atoms with van der Waals surface area (Å²) in [7, 11) is 0. The van der Waals surface area contributed by atoms with E-state index in [0.29, 0.717) is 16.4 Å². The van der Waals surface area contributed by atoms with E-state index in [1.807, 2.05) is 30.3 Å². The van der Waals surface area contributed by atoms with Crippen molar-refractivity contribution < 1.29 is 14.4 Å². The van der Waals surface area contributed by atoms with Gasteiger partial charge in [-0.1, -0.05) is 42.1 Å². The highest BCUT2D eigenvalue weighted by atomic mass is 32.2. The number of thioether (sulfide) groups is 1. The highest BCUT2D eigenvalue weighted by Crippen LogP contribution is 2.25. The maximum absolute atomic E-state index is 12.2. The molecule has 7 heteroatoms. The number of aliphatic imine (C=N–C) groups is 1. The van der Waals surface area contributed by atoms with Crippen molar-refractivity contribution in [1.82, 2.24) is 5.32 Å². The molecule has 0 aromatic heterocycles. The molecule has 0 bridgehead atoms. The van der Waals surface area contributed by atoms with Crippen LogP contribution in [-0.4, -0.2) is 28.0 Å². The van der Waals surface area contributed by atoms with Crippen LogP contribution in [0.1, 0.15) is 23.7 Å².